The lowest BCUT2D eigenvalue weighted by Crippen LogP contribution is -2.46. The minimum absolute atomic E-state index is 0.175. The molecular weight excluding hydrogens is 238 g/mol. The van der Waals surface area contributed by atoms with E-state index >= 15 is 0 Å². The van der Waals surface area contributed by atoms with Crippen LogP contribution in [-0.2, 0) is 6.54 Å². The number of nitrogens with one attached hydrogen (secondary N) is 2. The zero-order valence-electron chi connectivity index (χ0n) is 11.7. The second-order valence-electron chi connectivity index (χ2n) is 5.26. The molecular formula is C15H21N3O. The number of amides is 2. The Morgan fingerprint density at radius 1 is 1.37 bits per heavy atom. The number of carbonyl (C=O) groups is 1. The summed E-state index contributed by atoms with van der Waals surface area (Å²) in [6, 6.07) is 7.55. The van der Waals surface area contributed by atoms with Crippen LogP contribution in [-0.4, -0.2) is 18.1 Å². The first kappa shape index (κ1) is 15.1. The van der Waals surface area contributed by atoms with Crippen molar-refractivity contribution in [2.45, 2.75) is 32.9 Å². The van der Waals surface area contributed by atoms with Gasteiger partial charge in [0.2, 0.25) is 0 Å². The van der Waals surface area contributed by atoms with E-state index in [4.69, 9.17) is 5.73 Å². The smallest absolute Gasteiger partial charge is 0.315 e. The highest BCUT2D eigenvalue weighted by Crippen LogP contribution is 2.04. The van der Waals surface area contributed by atoms with Gasteiger partial charge in [0.1, 0.15) is 0 Å². The molecule has 0 unspecified atom stereocenters. The van der Waals surface area contributed by atoms with E-state index in [9.17, 15) is 4.79 Å². The van der Waals surface area contributed by atoms with Gasteiger partial charge in [-0.25, -0.2) is 4.79 Å². The van der Waals surface area contributed by atoms with Crippen LogP contribution < -0.4 is 16.4 Å². The molecule has 0 heterocycles. The first-order chi connectivity index (χ1) is 8.90. The molecule has 0 aromatic heterocycles. The lowest BCUT2D eigenvalue weighted by atomic mass is 10.1. The largest absolute Gasteiger partial charge is 0.334 e. The molecule has 4 N–H and O–H groups in total. The van der Waals surface area contributed by atoms with Gasteiger partial charge in [-0.1, -0.05) is 24.0 Å². The van der Waals surface area contributed by atoms with E-state index in [0.717, 1.165) is 11.1 Å². The van der Waals surface area contributed by atoms with Crippen molar-refractivity contribution in [3.63, 3.8) is 0 Å². The Morgan fingerprint density at radius 2 is 2.11 bits per heavy atom. The number of urea groups is 1. The first-order valence-electron chi connectivity index (χ1n) is 6.24. The van der Waals surface area contributed by atoms with Crippen LogP contribution in [0.2, 0.25) is 0 Å². The molecule has 0 atom stereocenters. The fourth-order valence-corrected chi connectivity index (χ4v) is 1.48. The Hall–Kier alpha value is -1.99. The molecule has 0 aliphatic rings. The summed E-state index contributed by atoms with van der Waals surface area (Å²) >= 11 is 0. The first-order valence-corrected chi connectivity index (χ1v) is 6.24. The highest BCUT2D eigenvalue weighted by atomic mass is 16.2. The predicted molar refractivity (Wildman–Crippen MR) is 77.5 cm³/mol. The third-order valence-electron chi connectivity index (χ3n) is 2.20. The molecule has 0 radical (unpaired) electrons. The van der Waals surface area contributed by atoms with Crippen molar-refractivity contribution in [1.29, 1.82) is 0 Å². The highest BCUT2D eigenvalue weighted by Gasteiger charge is 2.12. The van der Waals surface area contributed by atoms with E-state index < -0.39 is 0 Å². The molecule has 0 bridgehead atoms. The summed E-state index contributed by atoms with van der Waals surface area (Å²) < 4.78 is 0. The maximum Gasteiger partial charge on any atom is 0.315 e. The van der Waals surface area contributed by atoms with E-state index in [0.29, 0.717) is 13.1 Å². The van der Waals surface area contributed by atoms with Crippen molar-refractivity contribution >= 4 is 6.03 Å². The Labute approximate surface area is 114 Å². The predicted octanol–water partition coefficient (Wildman–Crippen LogP) is 1.59. The summed E-state index contributed by atoms with van der Waals surface area (Å²) in [6.45, 7) is 6.64. The van der Waals surface area contributed by atoms with E-state index in [1.807, 2.05) is 45.0 Å². The van der Waals surface area contributed by atoms with Crippen molar-refractivity contribution in [2.24, 2.45) is 5.73 Å². The number of rotatable bonds is 2. The molecule has 0 saturated carbocycles. The van der Waals surface area contributed by atoms with E-state index in [2.05, 4.69) is 22.5 Å². The van der Waals surface area contributed by atoms with E-state index in [1.165, 1.54) is 0 Å². The Bertz CT molecular complexity index is 492. The van der Waals surface area contributed by atoms with Crippen LogP contribution in [0.4, 0.5) is 4.79 Å². The van der Waals surface area contributed by atoms with E-state index in [1.54, 1.807) is 0 Å². The summed E-state index contributed by atoms with van der Waals surface area (Å²) in [5.74, 6) is 5.77. The topological polar surface area (TPSA) is 67.2 Å². The molecule has 1 aromatic carbocycles. The number of benzene rings is 1. The minimum Gasteiger partial charge on any atom is -0.334 e. The summed E-state index contributed by atoms with van der Waals surface area (Å²) in [4.78, 5) is 11.6. The lowest BCUT2D eigenvalue weighted by molar-refractivity contribution is 0.231. The standard InChI is InChI=1S/C15H21N3O/c1-15(2,3)18-14(19)17-11-13-7-4-6-12(10-13)8-5-9-16/h4,6-7,10H,9,11,16H2,1-3H3,(H2,17,18,19). The summed E-state index contributed by atoms with van der Waals surface area (Å²) in [5, 5.41) is 5.66. The SMILES string of the molecule is CC(C)(C)NC(=O)NCc1cccc(C#CCN)c1. The molecule has 19 heavy (non-hydrogen) atoms. The summed E-state index contributed by atoms with van der Waals surface area (Å²) in [6.07, 6.45) is 0. The maximum absolute atomic E-state index is 11.6. The number of nitrogens with two attached hydrogens (primary N) is 1. The van der Waals surface area contributed by atoms with Gasteiger partial charge in [-0.3, -0.25) is 0 Å². The third kappa shape index (κ3) is 6.49. The van der Waals surface area contributed by atoms with Gasteiger partial charge in [0.05, 0.1) is 6.54 Å². The monoisotopic (exact) mass is 259 g/mol. The van der Waals surface area contributed by atoms with Crippen LogP contribution in [0.15, 0.2) is 24.3 Å². The van der Waals surface area contributed by atoms with Gasteiger partial charge < -0.3 is 16.4 Å². The van der Waals surface area contributed by atoms with Crippen molar-refractivity contribution < 1.29 is 4.79 Å². The Morgan fingerprint density at radius 3 is 2.74 bits per heavy atom. The van der Waals surface area contributed by atoms with Gasteiger partial charge in [-0.05, 0) is 38.5 Å². The molecule has 1 rings (SSSR count). The number of hydrogen-bond donors (Lipinski definition) is 3. The fourth-order valence-electron chi connectivity index (χ4n) is 1.48. The molecule has 2 amide bonds. The minimum atomic E-state index is -0.238. The highest BCUT2D eigenvalue weighted by molar-refractivity contribution is 5.74. The van der Waals surface area contributed by atoms with Crippen LogP contribution in [0.25, 0.3) is 0 Å². The normalized spacial score (nSPS) is 10.3. The second kappa shape index (κ2) is 6.81. The Kier molecular flexibility index (Phi) is 5.40. The van der Waals surface area contributed by atoms with Gasteiger partial charge in [0.15, 0.2) is 0 Å². The van der Waals surface area contributed by atoms with Crippen molar-refractivity contribution in [1.82, 2.24) is 10.6 Å². The molecule has 0 spiro atoms. The molecule has 4 nitrogen and oxygen atoms in total. The zero-order chi connectivity index (χ0) is 14.3. The molecule has 0 fully saturated rings. The molecule has 0 aliphatic carbocycles. The van der Waals surface area contributed by atoms with Crippen LogP contribution in [0.1, 0.15) is 31.9 Å². The Balaban J connectivity index is 2.56. The van der Waals surface area contributed by atoms with Crippen LogP contribution in [0.5, 0.6) is 0 Å². The summed E-state index contributed by atoms with van der Waals surface area (Å²) in [5.41, 5.74) is 7.01. The molecule has 102 valence electrons. The van der Waals surface area contributed by atoms with Gasteiger partial charge in [0.25, 0.3) is 0 Å². The third-order valence-corrected chi connectivity index (χ3v) is 2.20. The number of carbonyl (C=O) groups excluding carboxylic acids is 1. The lowest BCUT2D eigenvalue weighted by Gasteiger charge is -2.20. The second-order valence-corrected chi connectivity index (χ2v) is 5.26. The maximum atomic E-state index is 11.6. The van der Waals surface area contributed by atoms with Gasteiger partial charge >= 0.3 is 6.03 Å². The fraction of sp³-hybridized carbons (Fsp3) is 0.400. The molecule has 0 aliphatic heterocycles. The molecule has 0 saturated heterocycles. The van der Waals surface area contributed by atoms with Crippen LogP contribution in [0, 0.1) is 11.8 Å². The van der Waals surface area contributed by atoms with Crippen LogP contribution in [0.3, 0.4) is 0 Å². The van der Waals surface area contributed by atoms with Gasteiger partial charge in [0, 0.05) is 17.6 Å². The quantitative estimate of drug-likeness (QED) is 0.706. The van der Waals surface area contributed by atoms with Gasteiger partial charge in [-0.2, -0.15) is 0 Å². The molecule has 1 aromatic rings. The summed E-state index contributed by atoms with van der Waals surface area (Å²) in [7, 11) is 0. The number of hydrogen-bond acceptors (Lipinski definition) is 2. The van der Waals surface area contributed by atoms with Gasteiger partial charge in [-0.15, -0.1) is 0 Å². The molecule has 4 heteroatoms. The van der Waals surface area contributed by atoms with Crippen molar-refractivity contribution in [2.75, 3.05) is 6.54 Å². The zero-order valence-corrected chi connectivity index (χ0v) is 11.7. The van der Waals surface area contributed by atoms with Crippen molar-refractivity contribution in [3.05, 3.63) is 35.4 Å². The average molecular weight is 259 g/mol. The van der Waals surface area contributed by atoms with Crippen LogP contribution >= 0.6 is 0 Å². The average Bonchev–Trinajstić information content (AvgIpc) is 2.32. The van der Waals surface area contributed by atoms with Crippen molar-refractivity contribution in [3.8, 4) is 11.8 Å². The van der Waals surface area contributed by atoms with E-state index in [-0.39, 0.29) is 11.6 Å².